The molecule has 0 aliphatic rings. The third kappa shape index (κ3) is 4.76. The average molecular weight is 484 g/mol. The highest BCUT2D eigenvalue weighted by Crippen LogP contribution is 2.42. The van der Waals surface area contributed by atoms with Gasteiger partial charge < -0.3 is 20.1 Å². The second-order valence-corrected chi connectivity index (χ2v) is 9.92. The first kappa shape index (κ1) is 22.7. The number of carboxylic acids is 1. The van der Waals surface area contributed by atoms with Crippen LogP contribution >= 0.6 is 11.3 Å². The number of nitrogens with zero attached hydrogens (tertiary/aromatic N) is 1. The number of aromatic amines is 1. The maximum atomic E-state index is 11.6. The lowest BCUT2D eigenvalue weighted by Crippen LogP contribution is -2.31. The van der Waals surface area contributed by atoms with Crippen LogP contribution in [0.15, 0.2) is 85.1 Å². The van der Waals surface area contributed by atoms with Gasteiger partial charge in [0.1, 0.15) is 11.5 Å². The van der Waals surface area contributed by atoms with Crippen LogP contribution in [0.5, 0.6) is 11.5 Å². The van der Waals surface area contributed by atoms with E-state index in [0.717, 1.165) is 44.1 Å². The number of hydrogen-bond acceptors (Lipinski definition) is 5. The summed E-state index contributed by atoms with van der Waals surface area (Å²) in [4.78, 5) is 20.7. The van der Waals surface area contributed by atoms with E-state index < -0.39 is 11.4 Å². The van der Waals surface area contributed by atoms with Crippen LogP contribution in [0.2, 0.25) is 0 Å². The highest BCUT2D eigenvalue weighted by atomic mass is 32.1. The molecule has 7 heteroatoms. The van der Waals surface area contributed by atoms with Crippen molar-refractivity contribution in [3.63, 3.8) is 0 Å². The molecule has 0 saturated heterocycles. The predicted molar refractivity (Wildman–Crippen MR) is 141 cm³/mol. The van der Waals surface area contributed by atoms with Crippen molar-refractivity contribution in [2.75, 3.05) is 11.9 Å². The summed E-state index contributed by atoms with van der Waals surface area (Å²) in [6, 6.07) is 25.7. The number of benzene rings is 3. The Morgan fingerprint density at radius 1 is 1.00 bits per heavy atom. The van der Waals surface area contributed by atoms with Gasteiger partial charge >= 0.3 is 5.97 Å². The van der Waals surface area contributed by atoms with Crippen molar-refractivity contribution in [3.05, 3.63) is 85.1 Å². The molecule has 0 amide bonds. The van der Waals surface area contributed by atoms with Gasteiger partial charge in [0, 0.05) is 34.8 Å². The standard InChI is InChI=1S/C28H25N3O3S/c1-28(2,26(32)33)17-30-27-31-24(25(35-27)22-9-6-10-23-21(22)15-16-29-23)18-11-13-20(14-12-18)34-19-7-4-3-5-8-19/h3-16,29H,17H2,1-2H3,(H,30,31)(H,32,33). The summed E-state index contributed by atoms with van der Waals surface area (Å²) in [5.41, 5.74) is 3.00. The van der Waals surface area contributed by atoms with Gasteiger partial charge in [-0.2, -0.15) is 0 Å². The van der Waals surface area contributed by atoms with Crippen LogP contribution in [-0.4, -0.2) is 27.6 Å². The maximum absolute atomic E-state index is 11.6. The van der Waals surface area contributed by atoms with E-state index in [-0.39, 0.29) is 6.54 Å². The van der Waals surface area contributed by atoms with E-state index >= 15 is 0 Å². The van der Waals surface area contributed by atoms with Crippen LogP contribution in [-0.2, 0) is 4.79 Å². The van der Waals surface area contributed by atoms with Gasteiger partial charge in [0.2, 0.25) is 0 Å². The molecule has 0 aliphatic heterocycles. The summed E-state index contributed by atoms with van der Waals surface area (Å²) in [7, 11) is 0. The Labute approximate surface area is 207 Å². The number of carbonyl (C=O) groups is 1. The van der Waals surface area contributed by atoms with Crippen LogP contribution in [0, 0.1) is 5.41 Å². The van der Waals surface area contributed by atoms with Gasteiger partial charge in [0.05, 0.1) is 16.0 Å². The van der Waals surface area contributed by atoms with E-state index in [4.69, 9.17) is 9.72 Å². The number of anilines is 1. The predicted octanol–water partition coefficient (Wildman–Crippen LogP) is 7.27. The van der Waals surface area contributed by atoms with Crippen molar-refractivity contribution in [2.45, 2.75) is 13.8 Å². The minimum absolute atomic E-state index is 0.271. The van der Waals surface area contributed by atoms with Crippen molar-refractivity contribution in [1.82, 2.24) is 9.97 Å². The molecule has 5 rings (SSSR count). The Morgan fingerprint density at radius 3 is 2.49 bits per heavy atom. The fraction of sp³-hybridized carbons (Fsp3) is 0.143. The first-order valence-electron chi connectivity index (χ1n) is 11.3. The van der Waals surface area contributed by atoms with E-state index in [2.05, 4.69) is 22.4 Å². The Morgan fingerprint density at radius 2 is 1.74 bits per heavy atom. The second-order valence-electron chi connectivity index (χ2n) is 8.92. The minimum atomic E-state index is -0.914. The quantitative estimate of drug-likeness (QED) is 0.216. The molecule has 176 valence electrons. The van der Waals surface area contributed by atoms with Crippen LogP contribution in [0.1, 0.15) is 13.8 Å². The van der Waals surface area contributed by atoms with Crippen LogP contribution < -0.4 is 10.1 Å². The molecule has 3 N–H and O–H groups in total. The van der Waals surface area contributed by atoms with E-state index in [0.29, 0.717) is 5.13 Å². The van der Waals surface area contributed by atoms with E-state index in [1.54, 1.807) is 13.8 Å². The maximum Gasteiger partial charge on any atom is 0.310 e. The minimum Gasteiger partial charge on any atom is -0.481 e. The fourth-order valence-corrected chi connectivity index (χ4v) is 4.76. The fourth-order valence-electron chi connectivity index (χ4n) is 3.74. The molecule has 0 bridgehead atoms. The summed E-state index contributed by atoms with van der Waals surface area (Å²) < 4.78 is 5.95. The summed E-state index contributed by atoms with van der Waals surface area (Å²) in [6.07, 6.45) is 1.93. The SMILES string of the molecule is CC(C)(CNc1nc(-c2ccc(Oc3ccccc3)cc2)c(-c2cccc3[nH]ccc23)s1)C(=O)O. The van der Waals surface area contributed by atoms with Crippen molar-refractivity contribution in [1.29, 1.82) is 0 Å². The molecule has 2 aromatic heterocycles. The van der Waals surface area contributed by atoms with Gasteiger partial charge in [0.15, 0.2) is 5.13 Å². The Bertz CT molecular complexity index is 1470. The molecule has 0 atom stereocenters. The molecule has 5 aromatic rings. The number of rotatable bonds is 8. The third-order valence-corrected chi connectivity index (χ3v) is 6.88. The molecule has 3 aromatic carbocycles. The number of H-pyrrole nitrogens is 1. The van der Waals surface area contributed by atoms with Crippen LogP contribution in [0.25, 0.3) is 32.6 Å². The molecule has 0 aliphatic carbocycles. The number of fused-ring (bicyclic) bond motifs is 1. The lowest BCUT2D eigenvalue weighted by atomic mass is 9.94. The molecule has 0 fully saturated rings. The third-order valence-electron chi connectivity index (χ3n) is 5.83. The van der Waals surface area contributed by atoms with Gasteiger partial charge in [-0.3, -0.25) is 4.79 Å². The summed E-state index contributed by atoms with van der Waals surface area (Å²) in [6.45, 7) is 3.67. The molecule has 0 spiro atoms. The average Bonchev–Trinajstić information content (AvgIpc) is 3.51. The number of carboxylic acid groups (broad SMARTS) is 1. The van der Waals surface area contributed by atoms with Crippen molar-refractivity contribution >= 4 is 33.3 Å². The summed E-state index contributed by atoms with van der Waals surface area (Å²) in [5.74, 6) is 0.667. The number of para-hydroxylation sites is 1. The molecule has 0 saturated carbocycles. The number of thiazole rings is 1. The highest BCUT2D eigenvalue weighted by Gasteiger charge is 2.27. The Kier molecular flexibility index (Phi) is 6.01. The molecule has 35 heavy (non-hydrogen) atoms. The Hall–Kier alpha value is -4.10. The number of ether oxygens (including phenoxy) is 1. The van der Waals surface area contributed by atoms with E-state index in [9.17, 15) is 9.90 Å². The van der Waals surface area contributed by atoms with Crippen molar-refractivity contribution < 1.29 is 14.6 Å². The lowest BCUT2D eigenvalue weighted by Gasteiger charge is -2.18. The molecular formula is C28H25N3O3S. The first-order chi connectivity index (χ1) is 16.9. The number of hydrogen-bond donors (Lipinski definition) is 3. The smallest absolute Gasteiger partial charge is 0.310 e. The summed E-state index contributed by atoms with van der Waals surface area (Å²) in [5, 5.41) is 14.5. The zero-order valence-corrected chi connectivity index (χ0v) is 20.2. The van der Waals surface area contributed by atoms with Crippen LogP contribution in [0.4, 0.5) is 5.13 Å². The summed E-state index contributed by atoms with van der Waals surface area (Å²) >= 11 is 1.52. The highest BCUT2D eigenvalue weighted by molar-refractivity contribution is 7.19. The van der Waals surface area contributed by atoms with Gasteiger partial charge in [0.25, 0.3) is 0 Å². The van der Waals surface area contributed by atoms with Gasteiger partial charge in [-0.1, -0.05) is 41.7 Å². The first-order valence-corrected chi connectivity index (χ1v) is 12.1. The molecule has 2 heterocycles. The molecule has 0 unspecified atom stereocenters. The topological polar surface area (TPSA) is 87.2 Å². The zero-order valence-electron chi connectivity index (χ0n) is 19.4. The Balaban J connectivity index is 1.52. The molecule has 0 radical (unpaired) electrons. The van der Waals surface area contributed by atoms with E-state index in [1.165, 1.54) is 11.3 Å². The molecular weight excluding hydrogens is 458 g/mol. The van der Waals surface area contributed by atoms with Gasteiger partial charge in [-0.05, 0) is 62.4 Å². The van der Waals surface area contributed by atoms with Gasteiger partial charge in [-0.15, -0.1) is 0 Å². The number of aromatic nitrogens is 2. The molecule has 6 nitrogen and oxygen atoms in total. The number of aliphatic carboxylic acids is 1. The normalized spacial score (nSPS) is 11.5. The van der Waals surface area contributed by atoms with Crippen molar-refractivity contribution in [2.24, 2.45) is 5.41 Å². The van der Waals surface area contributed by atoms with Crippen molar-refractivity contribution in [3.8, 4) is 33.2 Å². The number of nitrogens with one attached hydrogen (secondary N) is 2. The van der Waals surface area contributed by atoms with Gasteiger partial charge in [-0.25, -0.2) is 4.98 Å². The van der Waals surface area contributed by atoms with E-state index in [1.807, 2.05) is 72.9 Å². The lowest BCUT2D eigenvalue weighted by molar-refractivity contribution is -0.146. The largest absolute Gasteiger partial charge is 0.481 e. The second kappa shape index (κ2) is 9.27. The monoisotopic (exact) mass is 483 g/mol. The van der Waals surface area contributed by atoms with Crippen LogP contribution in [0.3, 0.4) is 0 Å². The zero-order chi connectivity index (χ0) is 24.4.